The van der Waals surface area contributed by atoms with Gasteiger partial charge in [0.05, 0.1) is 0 Å². The Balaban J connectivity index is 2.47. The van der Waals surface area contributed by atoms with Crippen molar-refractivity contribution in [3.05, 3.63) is 0 Å². The van der Waals surface area contributed by atoms with E-state index in [9.17, 15) is 4.79 Å². The maximum atomic E-state index is 12.0. The van der Waals surface area contributed by atoms with Crippen LogP contribution in [0.2, 0.25) is 0 Å². The van der Waals surface area contributed by atoms with Crippen molar-refractivity contribution in [1.29, 1.82) is 0 Å². The van der Waals surface area contributed by atoms with Crippen LogP contribution < -0.4 is 0 Å². The molecule has 0 aromatic carbocycles. The molecule has 1 aliphatic rings. The van der Waals surface area contributed by atoms with Crippen LogP contribution in [0.3, 0.4) is 0 Å². The van der Waals surface area contributed by atoms with E-state index >= 15 is 0 Å². The first-order chi connectivity index (χ1) is 6.69. The Morgan fingerprint density at radius 1 is 1.36 bits per heavy atom. The Labute approximate surface area is 88.3 Å². The lowest BCUT2D eigenvalue weighted by atomic mass is 9.75. The number of hydrogen-bond donors (Lipinski definition) is 0. The molecule has 1 nitrogen and oxygen atoms in total. The minimum Gasteiger partial charge on any atom is -0.299 e. The summed E-state index contributed by atoms with van der Waals surface area (Å²) in [7, 11) is 0. The fourth-order valence-corrected chi connectivity index (χ4v) is 2.52. The van der Waals surface area contributed by atoms with Crippen molar-refractivity contribution in [1.82, 2.24) is 0 Å². The van der Waals surface area contributed by atoms with E-state index in [4.69, 9.17) is 0 Å². The van der Waals surface area contributed by atoms with E-state index in [1.165, 1.54) is 25.7 Å². The van der Waals surface area contributed by atoms with Crippen LogP contribution in [0.15, 0.2) is 0 Å². The van der Waals surface area contributed by atoms with Crippen LogP contribution in [-0.4, -0.2) is 5.78 Å². The first-order valence-corrected chi connectivity index (χ1v) is 6.22. The highest BCUT2D eigenvalue weighted by Gasteiger charge is 2.28. The SMILES string of the molecule is CCC1CCCC(C(=O)C(C)CC)C1. The minimum atomic E-state index is 0.288. The molecule has 0 spiro atoms. The van der Waals surface area contributed by atoms with E-state index in [0.717, 1.165) is 18.8 Å². The van der Waals surface area contributed by atoms with Gasteiger partial charge in [-0.3, -0.25) is 4.79 Å². The number of ketones is 1. The monoisotopic (exact) mass is 196 g/mol. The first kappa shape index (κ1) is 11.7. The molecule has 0 saturated heterocycles. The molecule has 3 unspecified atom stereocenters. The second-order valence-corrected chi connectivity index (χ2v) is 4.85. The van der Waals surface area contributed by atoms with Crippen LogP contribution in [0.5, 0.6) is 0 Å². The molecular formula is C13H24O. The van der Waals surface area contributed by atoms with Gasteiger partial charge in [0.15, 0.2) is 0 Å². The third-order valence-electron chi connectivity index (χ3n) is 3.86. The lowest BCUT2D eigenvalue weighted by Gasteiger charge is -2.28. The van der Waals surface area contributed by atoms with E-state index in [0.29, 0.717) is 11.7 Å². The predicted octanol–water partition coefficient (Wildman–Crippen LogP) is 3.82. The largest absolute Gasteiger partial charge is 0.299 e. The third kappa shape index (κ3) is 2.83. The average Bonchev–Trinajstić information content (AvgIpc) is 2.27. The summed E-state index contributed by atoms with van der Waals surface area (Å²) >= 11 is 0. The molecule has 0 radical (unpaired) electrons. The lowest BCUT2D eigenvalue weighted by molar-refractivity contribution is -0.127. The van der Waals surface area contributed by atoms with Crippen LogP contribution in [0.25, 0.3) is 0 Å². The molecule has 14 heavy (non-hydrogen) atoms. The van der Waals surface area contributed by atoms with Gasteiger partial charge in [-0.05, 0) is 25.2 Å². The van der Waals surface area contributed by atoms with Gasteiger partial charge in [-0.1, -0.05) is 40.0 Å². The number of rotatable bonds is 4. The minimum absolute atomic E-state index is 0.288. The Morgan fingerprint density at radius 3 is 2.64 bits per heavy atom. The Bertz CT molecular complexity index is 186. The average molecular weight is 196 g/mol. The van der Waals surface area contributed by atoms with Gasteiger partial charge in [-0.15, -0.1) is 0 Å². The maximum Gasteiger partial charge on any atom is 0.138 e. The smallest absolute Gasteiger partial charge is 0.138 e. The molecule has 0 aliphatic heterocycles. The van der Waals surface area contributed by atoms with Gasteiger partial charge in [0.25, 0.3) is 0 Å². The first-order valence-electron chi connectivity index (χ1n) is 6.22. The topological polar surface area (TPSA) is 17.1 Å². The third-order valence-corrected chi connectivity index (χ3v) is 3.86. The zero-order valence-corrected chi connectivity index (χ0v) is 9.88. The molecule has 1 fully saturated rings. The molecular weight excluding hydrogens is 172 g/mol. The summed E-state index contributed by atoms with van der Waals surface area (Å²) in [5.74, 6) is 2.03. The normalized spacial score (nSPS) is 29.9. The molecule has 0 heterocycles. The maximum absolute atomic E-state index is 12.0. The highest BCUT2D eigenvalue weighted by molar-refractivity contribution is 5.83. The van der Waals surface area contributed by atoms with Gasteiger partial charge in [0, 0.05) is 11.8 Å². The number of hydrogen-bond acceptors (Lipinski definition) is 1. The van der Waals surface area contributed by atoms with Crippen LogP contribution in [0, 0.1) is 17.8 Å². The van der Waals surface area contributed by atoms with E-state index in [-0.39, 0.29) is 5.92 Å². The van der Waals surface area contributed by atoms with Gasteiger partial charge >= 0.3 is 0 Å². The zero-order valence-electron chi connectivity index (χ0n) is 9.88. The van der Waals surface area contributed by atoms with Crippen LogP contribution in [0.4, 0.5) is 0 Å². The van der Waals surface area contributed by atoms with Crippen molar-refractivity contribution in [2.45, 2.75) is 59.3 Å². The molecule has 0 aromatic heterocycles. The number of carbonyl (C=O) groups is 1. The van der Waals surface area contributed by atoms with Crippen molar-refractivity contribution in [2.24, 2.45) is 17.8 Å². The lowest BCUT2D eigenvalue weighted by Crippen LogP contribution is -2.26. The molecule has 0 aromatic rings. The van der Waals surface area contributed by atoms with Gasteiger partial charge < -0.3 is 0 Å². The standard InChI is InChI=1S/C13H24O/c1-4-10(3)13(14)12-8-6-7-11(5-2)9-12/h10-12H,4-9H2,1-3H3. The second kappa shape index (κ2) is 5.53. The Kier molecular flexibility index (Phi) is 4.64. The van der Waals surface area contributed by atoms with Crippen LogP contribution >= 0.6 is 0 Å². The van der Waals surface area contributed by atoms with Crippen molar-refractivity contribution < 1.29 is 4.79 Å². The quantitative estimate of drug-likeness (QED) is 0.668. The van der Waals surface area contributed by atoms with Crippen molar-refractivity contribution in [2.75, 3.05) is 0 Å². The molecule has 0 amide bonds. The van der Waals surface area contributed by atoms with Crippen molar-refractivity contribution in [3.8, 4) is 0 Å². The van der Waals surface area contributed by atoms with Gasteiger partial charge in [-0.2, -0.15) is 0 Å². The van der Waals surface area contributed by atoms with Crippen LogP contribution in [-0.2, 0) is 4.79 Å². The van der Waals surface area contributed by atoms with E-state index in [1.807, 2.05) is 0 Å². The molecule has 1 rings (SSSR count). The molecule has 1 aliphatic carbocycles. The number of carbonyl (C=O) groups excluding carboxylic acids is 1. The zero-order chi connectivity index (χ0) is 10.6. The van der Waals surface area contributed by atoms with Gasteiger partial charge in [-0.25, -0.2) is 0 Å². The highest BCUT2D eigenvalue weighted by atomic mass is 16.1. The van der Waals surface area contributed by atoms with Gasteiger partial charge in [0.2, 0.25) is 0 Å². The van der Waals surface area contributed by atoms with Gasteiger partial charge in [0.1, 0.15) is 5.78 Å². The summed E-state index contributed by atoms with van der Waals surface area (Å²) < 4.78 is 0. The molecule has 1 saturated carbocycles. The summed E-state index contributed by atoms with van der Waals surface area (Å²) in [6.45, 7) is 6.45. The second-order valence-electron chi connectivity index (χ2n) is 4.85. The Hall–Kier alpha value is -0.330. The fourth-order valence-electron chi connectivity index (χ4n) is 2.52. The predicted molar refractivity (Wildman–Crippen MR) is 60.2 cm³/mol. The highest BCUT2D eigenvalue weighted by Crippen LogP contribution is 2.33. The molecule has 3 atom stereocenters. The number of Topliss-reactive ketones (excluding diaryl/α,β-unsaturated/α-hetero) is 1. The van der Waals surface area contributed by atoms with Crippen LogP contribution in [0.1, 0.15) is 59.3 Å². The van der Waals surface area contributed by atoms with E-state index in [1.54, 1.807) is 0 Å². The summed E-state index contributed by atoms with van der Waals surface area (Å²) in [5.41, 5.74) is 0. The van der Waals surface area contributed by atoms with Crippen molar-refractivity contribution >= 4 is 5.78 Å². The van der Waals surface area contributed by atoms with E-state index in [2.05, 4.69) is 20.8 Å². The summed E-state index contributed by atoms with van der Waals surface area (Å²) in [4.78, 5) is 12.0. The van der Waals surface area contributed by atoms with Crippen molar-refractivity contribution in [3.63, 3.8) is 0 Å². The van der Waals surface area contributed by atoms with E-state index < -0.39 is 0 Å². The molecule has 0 bridgehead atoms. The summed E-state index contributed by atoms with van der Waals surface area (Å²) in [6, 6.07) is 0. The summed E-state index contributed by atoms with van der Waals surface area (Å²) in [6.07, 6.45) is 7.20. The summed E-state index contributed by atoms with van der Waals surface area (Å²) in [5, 5.41) is 0. The molecule has 82 valence electrons. The molecule has 1 heteroatoms. The molecule has 0 N–H and O–H groups in total. The Morgan fingerprint density at radius 2 is 2.07 bits per heavy atom. The fraction of sp³-hybridized carbons (Fsp3) is 0.923.